The molecule has 0 radical (unpaired) electrons. The average Bonchev–Trinajstić information content (AvgIpc) is 3.68. The fraction of sp³-hybridized carbons (Fsp3) is 0.467. The molecule has 3 aromatic carbocycles. The number of hydrogen-bond acceptors (Lipinski definition) is 8. The second-order valence-electron chi connectivity index (χ2n) is 15.7. The van der Waals surface area contributed by atoms with Crippen LogP contribution in [0.25, 0.3) is 0 Å². The minimum atomic E-state index is -2.90. The molecule has 8 nitrogen and oxygen atoms in total. The van der Waals surface area contributed by atoms with Crippen molar-refractivity contribution in [2.24, 2.45) is 11.8 Å². The summed E-state index contributed by atoms with van der Waals surface area (Å²) in [6, 6.07) is 30.9. The van der Waals surface area contributed by atoms with E-state index < -0.39 is 34.1 Å². The summed E-state index contributed by atoms with van der Waals surface area (Å²) >= 11 is 0. The standard InChI is InChI=1S/C45H60O8Si2/c1-10-54(11-2,12-3)53-45(33(4)31-50-32-51-35-25-23-34(48-8)24-26-35)39-27-28-40(45)42(46)41(39)38(43(47)49-9)29-30-52-55(44(5,6)7,36-19-15-13-16-20-36)37-21-17-14-18-22-37/h13-26,39-40H,4,10-12,27-32H2,1-3,5-9H3/b41-38-/t39-,40+,45?/m1/s1. The third-order valence-electron chi connectivity index (χ3n) is 12.1. The first kappa shape index (κ1) is 42.3. The van der Waals surface area contributed by atoms with Crippen LogP contribution in [0.2, 0.25) is 23.2 Å². The van der Waals surface area contributed by atoms with Gasteiger partial charge in [-0.25, -0.2) is 4.79 Å². The molecule has 0 heterocycles. The number of methoxy groups -OCH3 is 2. The molecule has 296 valence electrons. The summed E-state index contributed by atoms with van der Waals surface area (Å²) in [6.45, 7) is 18.2. The lowest BCUT2D eigenvalue weighted by Gasteiger charge is -2.44. The van der Waals surface area contributed by atoms with E-state index in [4.69, 9.17) is 27.8 Å². The number of esters is 1. The van der Waals surface area contributed by atoms with E-state index in [1.54, 1.807) is 7.11 Å². The van der Waals surface area contributed by atoms with E-state index in [0.717, 1.165) is 34.3 Å². The number of Topliss-reactive ketones (excluding diaryl/α,β-unsaturated/α-hetero) is 1. The van der Waals surface area contributed by atoms with Crippen LogP contribution in [0.4, 0.5) is 0 Å². The molecule has 3 aromatic rings. The van der Waals surface area contributed by atoms with E-state index in [0.29, 0.717) is 35.3 Å². The van der Waals surface area contributed by atoms with Gasteiger partial charge in [-0.1, -0.05) is 109 Å². The molecule has 2 aliphatic carbocycles. The number of fused-ring (bicyclic) bond motifs is 2. The number of ether oxygens (including phenoxy) is 4. The Labute approximate surface area is 330 Å². The molecule has 2 fully saturated rings. The van der Waals surface area contributed by atoms with Gasteiger partial charge in [0.15, 0.2) is 20.9 Å². The molecule has 0 saturated heterocycles. The van der Waals surface area contributed by atoms with Gasteiger partial charge in [0.2, 0.25) is 0 Å². The van der Waals surface area contributed by atoms with Crippen molar-refractivity contribution < 1.29 is 37.4 Å². The van der Waals surface area contributed by atoms with Crippen molar-refractivity contribution in [2.75, 3.05) is 34.2 Å². The Morgan fingerprint density at radius 2 is 1.36 bits per heavy atom. The molecule has 55 heavy (non-hydrogen) atoms. The predicted molar refractivity (Wildman–Crippen MR) is 223 cm³/mol. The summed E-state index contributed by atoms with van der Waals surface area (Å²) in [4.78, 5) is 28.6. The third kappa shape index (κ3) is 8.21. The molecular formula is C45H60O8Si2. The lowest BCUT2D eigenvalue weighted by molar-refractivity contribution is -0.136. The molecule has 2 aliphatic rings. The van der Waals surface area contributed by atoms with E-state index >= 15 is 0 Å². The summed E-state index contributed by atoms with van der Waals surface area (Å²) in [6.07, 6.45) is 1.59. The molecule has 0 N–H and O–H groups in total. The number of carbonyl (C=O) groups excluding carboxylic acids is 2. The maximum atomic E-state index is 14.8. The number of hydrogen-bond donors (Lipinski definition) is 0. The van der Waals surface area contributed by atoms with Crippen molar-refractivity contribution >= 4 is 38.8 Å². The Hall–Kier alpha value is -3.81. The van der Waals surface area contributed by atoms with Crippen LogP contribution in [0.15, 0.2) is 108 Å². The fourth-order valence-electron chi connectivity index (χ4n) is 9.04. The van der Waals surface area contributed by atoms with Gasteiger partial charge in [0.05, 0.1) is 32.3 Å². The highest BCUT2D eigenvalue weighted by atomic mass is 28.4. The van der Waals surface area contributed by atoms with Crippen molar-refractivity contribution in [1.29, 1.82) is 0 Å². The topological polar surface area (TPSA) is 89.5 Å². The zero-order chi connectivity index (χ0) is 39.9. The van der Waals surface area contributed by atoms with Gasteiger partial charge in [0, 0.05) is 30.1 Å². The van der Waals surface area contributed by atoms with E-state index in [9.17, 15) is 9.59 Å². The van der Waals surface area contributed by atoms with Gasteiger partial charge in [0.25, 0.3) is 8.32 Å². The lowest BCUT2D eigenvalue weighted by Crippen LogP contribution is -2.66. The maximum Gasteiger partial charge on any atom is 0.334 e. The number of benzene rings is 3. The molecule has 0 spiro atoms. The number of carbonyl (C=O) groups is 2. The van der Waals surface area contributed by atoms with Crippen molar-refractivity contribution in [1.82, 2.24) is 0 Å². The summed E-state index contributed by atoms with van der Waals surface area (Å²) in [5.41, 5.74) is 0.607. The van der Waals surface area contributed by atoms with Gasteiger partial charge in [-0.2, -0.15) is 0 Å². The van der Waals surface area contributed by atoms with E-state index in [2.05, 4.69) is 96.7 Å². The third-order valence-corrected chi connectivity index (χ3v) is 21.7. The van der Waals surface area contributed by atoms with Crippen molar-refractivity contribution in [3.8, 4) is 11.5 Å². The van der Waals surface area contributed by atoms with Crippen LogP contribution in [-0.2, 0) is 27.9 Å². The van der Waals surface area contributed by atoms with Crippen molar-refractivity contribution in [2.45, 2.75) is 89.6 Å². The molecule has 2 saturated carbocycles. The Balaban J connectivity index is 1.50. The van der Waals surface area contributed by atoms with Crippen LogP contribution in [0.1, 0.15) is 60.8 Å². The zero-order valence-electron chi connectivity index (χ0n) is 34.1. The first-order chi connectivity index (χ1) is 26.4. The Morgan fingerprint density at radius 1 is 0.818 bits per heavy atom. The maximum absolute atomic E-state index is 14.8. The monoisotopic (exact) mass is 784 g/mol. The van der Waals surface area contributed by atoms with E-state index in [1.807, 2.05) is 36.4 Å². The number of rotatable bonds is 19. The molecule has 0 aromatic heterocycles. The molecule has 0 amide bonds. The highest BCUT2D eigenvalue weighted by Gasteiger charge is 2.66. The molecular weight excluding hydrogens is 725 g/mol. The molecule has 10 heteroatoms. The smallest absolute Gasteiger partial charge is 0.334 e. The highest BCUT2D eigenvalue weighted by Crippen LogP contribution is 2.60. The second-order valence-corrected chi connectivity index (χ2v) is 24.7. The molecule has 1 unspecified atom stereocenters. The van der Waals surface area contributed by atoms with Gasteiger partial charge < -0.3 is 27.8 Å². The van der Waals surface area contributed by atoms with Crippen LogP contribution in [-0.4, -0.2) is 68.2 Å². The predicted octanol–water partition coefficient (Wildman–Crippen LogP) is 8.41. The van der Waals surface area contributed by atoms with Gasteiger partial charge in [-0.3, -0.25) is 4.79 Å². The summed E-state index contributed by atoms with van der Waals surface area (Å²) in [7, 11) is -2.22. The molecule has 0 aliphatic heterocycles. The number of ketones is 1. The minimum absolute atomic E-state index is 0.00168. The lowest BCUT2D eigenvalue weighted by atomic mass is 9.83. The summed E-state index contributed by atoms with van der Waals surface area (Å²) in [5, 5.41) is 2.05. The van der Waals surface area contributed by atoms with Gasteiger partial charge in [-0.05, 0) is 76.2 Å². The fourth-order valence-corrected chi connectivity index (χ4v) is 16.7. The Morgan fingerprint density at radius 3 is 1.87 bits per heavy atom. The van der Waals surface area contributed by atoms with E-state index in [-0.39, 0.29) is 43.2 Å². The Kier molecular flexibility index (Phi) is 13.8. The quantitative estimate of drug-likeness (QED) is 0.0299. The van der Waals surface area contributed by atoms with Crippen LogP contribution in [0, 0.1) is 11.8 Å². The first-order valence-corrected chi connectivity index (χ1v) is 24.1. The normalized spacial score (nSPS) is 20.7. The van der Waals surface area contributed by atoms with Crippen LogP contribution >= 0.6 is 0 Å². The van der Waals surface area contributed by atoms with Gasteiger partial charge in [-0.15, -0.1) is 0 Å². The molecule has 2 bridgehead atoms. The SMILES string of the molecule is C=C(COCOc1ccc(OC)cc1)C1(O[Si](CC)(CC)CC)[C@@H]2CC[C@H]1C(=O)/C2=C(/CCO[Si](c1ccccc1)(c1ccccc1)C(C)(C)C)C(=O)OC. The van der Waals surface area contributed by atoms with Gasteiger partial charge in [0.1, 0.15) is 11.5 Å². The van der Waals surface area contributed by atoms with Crippen molar-refractivity contribution in [3.63, 3.8) is 0 Å². The van der Waals surface area contributed by atoms with Crippen LogP contribution in [0.3, 0.4) is 0 Å². The highest BCUT2D eigenvalue weighted by molar-refractivity contribution is 6.99. The minimum Gasteiger partial charge on any atom is -0.497 e. The van der Waals surface area contributed by atoms with Gasteiger partial charge >= 0.3 is 5.97 Å². The first-order valence-electron chi connectivity index (χ1n) is 19.7. The molecule has 3 atom stereocenters. The second kappa shape index (κ2) is 18.0. The zero-order valence-corrected chi connectivity index (χ0v) is 36.1. The molecule has 5 rings (SSSR count). The van der Waals surface area contributed by atoms with Crippen LogP contribution in [0.5, 0.6) is 11.5 Å². The average molecular weight is 785 g/mol. The Bertz CT molecular complexity index is 1750. The van der Waals surface area contributed by atoms with Crippen LogP contribution < -0.4 is 19.8 Å². The summed E-state index contributed by atoms with van der Waals surface area (Å²) in [5.74, 6) is -0.000123. The van der Waals surface area contributed by atoms with Crippen molar-refractivity contribution in [3.05, 3.63) is 108 Å². The van der Waals surface area contributed by atoms with E-state index in [1.165, 1.54) is 7.11 Å². The summed E-state index contributed by atoms with van der Waals surface area (Å²) < 4.78 is 37.4. The largest absolute Gasteiger partial charge is 0.497 e.